The molecule has 0 saturated heterocycles. The third-order valence-electron chi connectivity index (χ3n) is 2.18. The highest BCUT2D eigenvalue weighted by Gasteiger charge is 2.21. The molecule has 0 unspecified atom stereocenters. The summed E-state index contributed by atoms with van der Waals surface area (Å²) in [6.45, 7) is -0.223. The molecular weight excluding hydrogens is 266 g/mol. The van der Waals surface area contributed by atoms with Crippen LogP contribution in [-0.2, 0) is 10.0 Å². The molecule has 96 valence electrons. The van der Waals surface area contributed by atoms with Crippen LogP contribution in [0.25, 0.3) is 0 Å². The van der Waals surface area contributed by atoms with Crippen LogP contribution in [-0.4, -0.2) is 50.1 Å². The summed E-state index contributed by atoms with van der Waals surface area (Å²) in [5.41, 5.74) is 0. The van der Waals surface area contributed by atoms with Gasteiger partial charge in [-0.2, -0.15) is 4.31 Å². The fourth-order valence-electron chi connectivity index (χ4n) is 1.19. The number of aliphatic hydroxyl groups excluding tert-OH is 1. The maximum atomic E-state index is 12.0. The quantitative estimate of drug-likeness (QED) is 0.815. The van der Waals surface area contributed by atoms with E-state index in [0.717, 1.165) is 4.31 Å². The van der Waals surface area contributed by atoms with Crippen LogP contribution in [0.2, 0.25) is 5.02 Å². The van der Waals surface area contributed by atoms with Gasteiger partial charge in [0.05, 0.1) is 11.6 Å². The minimum atomic E-state index is -3.65. The van der Waals surface area contributed by atoms with Crippen molar-refractivity contribution in [2.75, 3.05) is 32.6 Å². The zero-order chi connectivity index (χ0) is 13.1. The number of pyridine rings is 1. The van der Waals surface area contributed by atoms with Crippen molar-refractivity contribution in [1.82, 2.24) is 9.29 Å². The van der Waals surface area contributed by atoms with Crippen molar-refractivity contribution in [2.24, 2.45) is 0 Å². The summed E-state index contributed by atoms with van der Waals surface area (Å²) in [6, 6.07) is 1.32. The maximum Gasteiger partial charge on any atom is 0.244 e. The van der Waals surface area contributed by atoms with Crippen molar-refractivity contribution in [3.63, 3.8) is 0 Å². The van der Waals surface area contributed by atoms with Gasteiger partial charge in [0, 0.05) is 26.8 Å². The molecule has 0 amide bonds. The van der Waals surface area contributed by atoms with Gasteiger partial charge in [0.1, 0.15) is 10.7 Å². The van der Waals surface area contributed by atoms with E-state index in [1.165, 1.54) is 19.3 Å². The predicted molar refractivity (Wildman–Crippen MR) is 65.7 cm³/mol. The fourth-order valence-corrected chi connectivity index (χ4v) is 2.65. The summed E-state index contributed by atoms with van der Waals surface area (Å²) < 4.78 is 25.0. The van der Waals surface area contributed by atoms with E-state index in [2.05, 4.69) is 10.3 Å². The zero-order valence-electron chi connectivity index (χ0n) is 9.51. The molecule has 1 rings (SSSR count). The number of hydrogen-bond donors (Lipinski definition) is 2. The van der Waals surface area contributed by atoms with Crippen molar-refractivity contribution >= 4 is 27.4 Å². The monoisotopic (exact) mass is 279 g/mol. The Kier molecular flexibility index (Phi) is 4.70. The molecule has 1 aromatic rings. The molecule has 0 aliphatic carbocycles. The molecule has 0 fully saturated rings. The van der Waals surface area contributed by atoms with Gasteiger partial charge in [0.15, 0.2) is 0 Å². The van der Waals surface area contributed by atoms with E-state index in [9.17, 15) is 8.42 Å². The van der Waals surface area contributed by atoms with Gasteiger partial charge in [-0.05, 0) is 6.07 Å². The molecule has 1 heterocycles. The van der Waals surface area contributed by atoms with E-state index in [-0.39, 0.29) is 23.1 Å². The number of aromatic nitrogens is 1. The number of aliphatic hydroxyl groups is 1. The zero-order valence-corrected chi connectivity index (χ0v) is 11.1. The summed E-state index contributed by atoms with van der Waals surface area (Å²) in [5.74, 6) is 0.412. The predicted octanol–water partition coefficient (Wildman–Crippen LogP) is 0.389. The van der Waals surface area contributed by atoms with Gasteiger partial charge in [0.25, 0.3) is 0 Å². The molecule has 6 nitrogen and oxygen atoms in total. The third-order valence-corrected chi connectivity index (χ3v) is 4.29. The van der Waals surface area contributed by atoms with Gasteiger partial charge in [0.2, 0.25) is 10.0 Å². The molecule has 8 heteroatoms. The molecule has 0 saturated carbocycles. The second-order valence-corrected chi connectivity index (χ2v) is 5.75. The van der Waals surface area contributed by atoms with E-state index in [4.69, 9.17) is 16.7 Å². The van der Waals surface area contributed by atoms with E-state index in [1.807, 2.05) is 0 Å². The number of rotatable bonds is 5. The average Bonchev–Trinajstić information content (AvgIpc) is 2.29. The van der Waals surface area contributed by atoms with Crippen LogP contribution in [0.4, 0.5) is 5.82 Å². The molecule has 0 spiro atoms. The maximum absolute atomic E-state index is 12.0. The largest absolute Gasteiger partial charge is 0.395 e. The minimum Gasteiger partial charge on any atom is -0.395 e. The first kappa shape index (κ1) is 14.2. The van der Waals surface area contributed by atoms with Gasteiger partial charge < -0.3 is 10.4 Å². The number of hydrogen-bond acceptors (Lipinski definition) is 5. The van der Waals surface area contributed by atoms with Crippen LogP contribution >= 0.6 is 11.6 Å². The van der Waals surface area contributed by atoms with Crippen molar-refractivity contribution in [1.29, 1.82) is 0 Å². The van der Waals surface area contributed by atoms with E-state index >= 15 is 0 Å². The van der Waals surface area contributed by atoms with Gasteiger partial charge >= 0.3 is 0 Å². The van der Waals surface area contributed by atoms with Crippen LogP contribution in [0, 0.1) is 0 Å². The fraction of sp³-hybridized carbons (Fsp3) is 0.444. The second-order valence-electron chi connectivity index (χ2n) is 3.30. The summed E-state index contributed by atoms with van der Waals surface area (Å²) in [5, 5.41) is 11.7. The van der Waals surface area contributed by atoms with E-state index in [0.29, 0.717) is 5.82 Å². The molecule has 0 aliphatic rings. The number of likely N-dealkylation sites (N-methyl/N-ethyl adjacent to an activating group) is 1. The first-order valence-electron chi connectivity index (χ1n) is 4.84. The van der Waals surface area contributed by atoms with Crippen LogP contribution in [0.1, 0.15) is 0 Å². The van der Waals surface area contributed by atoms with Crippen LogP contribution in [0.15, 0.2) is 17.2 Å². The van der Waals surface area contributed by atoms with E-state index in [1.54, 1.807) is 7.05 Å². The lowest BCUT2D eigenvalue weighted by Crippen LogP contribution is -2.29. The highest BCUT2D eigenvalue weighted by atomic mass is 35.5. The topological polar surface area (TPSA) is 82.5 Å². The lowest BCUT2D eigenvalue weighted by Gasteiger charge is -2.16. The summed E-state index contributed by atoms with van der Waals surface area (Å²) >= 11 is 5.86. The number of sulfonamides is 1. The lowest BCUT2D eigenvalue weighted by atomic mass is 10.4. The van der Waals surface area contributed by atoms with Crippen molar-refractivity contribution < 1.29 is 13.5 Å². The smallest absolute Gasteiger partial charge is 0.244 e. The Morgan fingerprint density at radius 3 is 2.71 bits per heavy atom. The van der Waals surface area contributed by atoms with Crippen molar-refractivity contribution in [3.8, 4) is 0 Å². The number of anilines is 1. The highest BCUT2D eigenvalue weighted by Crippen LogP contribution is 2.23. The standard InChI is InChI=1S/C9H14ClN3O3S/c1-11-9-8(10)5-7(6-12-9)17(15,16)13(2)3-4-14/h5-6,14H,3-4H2,1-2H3,(H,11,12). The first-order chi connectivity index (χ1) is 7.93. The third kappa shape index (κ3) is 3.06. The number of nitrogens with zero attached hydrogens (tertiary/aromatic N) is 2. The molecule has 17 heavy (non-hydrogen) atoms. The molecule has 0 atom stereocenters. The Balaban J connectivity index is 3.12. The summed E-state index contributed by atoms with van der Waals surface area (Å²) in [7, 11) is -0.630. The molecule has 0 bridgehead atoms. The number of halogens is 1. The molecule has 0 radical (unpaired) electrons. The van der Waals surface area contributed by atoms with Crippen LogP contribution in [0.3, 0.4) is 0 Å². The van der Waals surface area contributed by atoms with Crippen LogP contribution in [0.5, 0.6) is 0 Å². The highest BCUT2D eigenvalue weighted by molar-refractivity contribution is 7.89. The van der Waals surface area contributed by atoms with Gasteiger partial charge in [-0.25, -0.2) is 13.4 Å². The van der Waals surface area contributed by atoms with Crippen LogP contribution < -0.4 is 5.32 Å². The van der Waals surface area contributed by atoms with E-state index < -0.39 is 10.0 Å². The number of nitrogens with one attached hydrogen (secondary N) is 1. The van der Waals surface area contributed by atoms with Crippen molar-refractivity contribution in [3.05, 3.63) is 17.3 Å². The first-order valence-corrected chi connectivity index (χ1v) is 6.65. The lowest BCUT2D eigenvalue weighted by molar-refractivity contribution is 0.266. The molecule has 0 aromatic carbocycles. The molecule has 0 aliphatic heterocycles. The van der Waals surface area contributed by atoms with Gasteiger partial charge in [-0.15, -0.1) is 0 Å². The Hall–Kier alpha value is -0.890. The normalized spacial score (nSPS) is 11.8. The molecule has 1 aromatic heterocycles. The second kappa shape index (κ2) is 5.63. The van der Waals surface area contributed by atoms with Gasteiger partial charge in [-0.1, -0.05) is 11.6 Å². The Bertz CT molecular complexity index is 492. The Labute approximate surface area is 105 Å². The molecular formula is C9H14ClN3O3S. The summed E-state index contributed by atoms with van der Waals surface area (Å²) in [4.78, 5) is 3.89. The SMILES string of the molecule is CNc1ncc(S(=O)(=O)N(C)CCO)cc1Cl. The average molecular weight is 280 g/mol. The van der Waals surface area contributed by atoms with Crippen molar-refractivity contribution in [2.45, 2.75) is 4.90 Å². The summed E-state index contributed by atoms with van der Waals surface area (Å²) in [6.07, 6.45) is 1.22. The Morgan fingerprint density at radius 1 is 1.59 bits per heavy atom. The van der Waals surface area contributed by atoms with Gasteiger partial charge in [-0.3, -0.25) is 0 Å². The molecule has 2 N–H and O–H groups in total. The Morgan fingerprint density at radius 2 is 2.24 bits per heavy atom. The minimum absolute atomic E-state index is 0.00236.